The molecule has 0 unspecified atom stereocenters. The van der Waals surface area contributed by atoms with Gasteiger partial charge >= 0.3 is 126 Å². The van der Waals surface area contributed by atoms with Gasteiger partial charge in [-0.25, -0.2) is 0 Å². The Bertz CT molecular complexity index is 730. The van der Waals surface area contributed by atoms with Gasteiger partial charge in [-0.2, -0.15) is 0 Å². The van der Waals surface area contributed by atoms with Crippen LogP contribution in [0.3, 0.4) is 0 Å². The predicted molar refractivity (Wildman–Crippen MR) is 80.7 cm³/mol. The second kappa shape index (κ2) is 6.19. The fourth-order valence-electron chi connectivity index (χ4n) is 1.52. The van der Waals surface area contributed by atoms with E-state index in [-0.39, 0.29) is 4.90 Å². The van der Waals surface area contributed by atoms with Gasteiger partial charge in [0.1, 0.15) is 0 Å². The topological polar surface area (TPSA) is 84.5 Å². The van der Waals surface area contributed by atoms with E-state index in [1.807, 2.05) is 30.3 Å². The van der Waals surface area contributed by atoms with Crippen LogP contribution in [0.15, 0.2) is 64.5 Å². The van der Waals surface area contributed by atoms with Gasteiger partial charge in [-0.05, 0) is 0 Å². The molecule has 0 bridgehead atoms. The molecule has 0 amide bonds. The summed E-state index contributed by atoms with van der Waals surface area (Å²) in [4.78, 5) is 4.37. The Hall–Kier alpha value is -1.66. The first-order chi connectivity index (χ1) is 9.45. The number of nitrogens with one attached hydrogen (secondary N) is 1. The van der Waals surface area contributed by atoms with Crippen molar-refractivity contribution in [2.24, 2.45) is 10.1 Å². The molecule has 0 aliphatic rings. The SMILES string of the molecule is NS(=O)(=O)c1cccc(NC([Se])=Nc2ccccc2)c1. The molecule has 0 aliphatic carbocycles. The Morgan fingerprint density at radius 1 is 1.10 bits per heavy atom. The number of anilines is 1. The van der Waals surface area contributed by atoms with E-state index in [2.05, 4.69) is 26.3 Å². The Kier molecular flexibility index (Phi) is 4.57. The van der Waals surface area contributed by atoms with Crippen LogP contribution in [0.25, 0.3) is 0 Å². The molecule has 0 saturated carbocycles. The maximum absolute atomic E-state index is 11.3. The fourth-order valence-corrected chi connectivity index (χ4v) is 2.55. The van der Waals surface area contributed by atoms with Crippen LogP contribution in [0.2, 0.25) is 0 Å². The van der Waals surface area contributed by atoms with E-state index in [0.717, 1.165) is 5.69 Å². The van der Waals surface area contributed by atoms with Gasteiger partial charge in [0.15, 0.2) is 0 Å². The second-order valence-electron chi connectivity index (χ2n) is 3.95. The number of aliphatic imine (C=N–C) groups is 1. The molecule has 2 aromatic carbocycles. The minimum atomic E-state index is -3.71. The van der Waals surface area contributed by atoms with Crippen LogP contribution in [0, 0.1) is 0 Å². The van der Waals surface area contributed by atoms with Crippen LogP contribution in [0.4, 0.5) is 11.4 Å². The van der Waals surface area contributed by atoms with E-state index < -0.39 is 10.0 Å². The summed E-state index contributed by atoms with van der Waals surface area (Å²) in [6.45, 7) is 0. The molecule has 103 valence electrons. The number of hydrogen-bond acceptors (Lipinski definition) is 3. The van der Waals surface area contributed by atoms with E-state index in [1.54, 1.807) is 12.1 Å². The summed E-state index contributed by atoms with van der Waals surface area (Å²) in [5, 5.41) is 8.06. The number of nitrogens with zero attached hydrogens (tertiary/aromatic N) is 1. The summed E-state index contributed by atoms with van der Waals surface area (Å²) in [5.41, 5.74) is 1.38. The van der Waals surface area contributed by atoms with Crippen LogP contribution in [0.1, 0.15) is 0 Å². The predicted octanol–water partition coefficient (Wildman–Crippen LogP) is 1.60. The maximum atomic E-state index is 11.3. The normalized spacial score (nSPS) is 12.2. The van der Waals surface area contributed by atoms with Crippen LogP contribution in [0.5, 0.6) is 0 Å². The second-order valence-corrected chi connectivity index (χ2v) is 6.32. The summed E-state index contributed by atoms with van der Waals surface area (Å²) in [7, 11) is -3.71. The van der Waals surface area contributed by atoms with Crippen molar-refractivity contribution in [3.8, 4) is 0 Å². The third-order valence-corrected chi connectivity index (χ3v) is 3.72. The molecular weight excluding hydrogens is 341 g/mol. The van der Waals surface area contributed by atoms with Gasteiger partial charge in [-0.15, -0.1) is 0 Å². The van der Waals surface area contributed by atoms with Gasteiger partial charge in [0.2, 0.25) is 0 Å². The van der Waals surface area contributed by atoms with E-state index in [4.69, 9.17) is 5.14 Å². The molecule has 0 saturated heterocycles. The number of nitrogens with two attached hydrogens (primary N) is 1. The molecule has 2 aromatic rings. The van der Waals surface area contributed by atoms with E-state index in [1.165, 1.54) is 12.1 Å². The zero-order valence-electron chi connectivity index (χ0n) is 10.4. The van der Waals surface area contributed by atoms with E-state index in [9.17, 15) is 8.42 Å². The van der Waals surface area contributed by atoms with Crippen LogP contribution < -0.4 is 10.5 Å². The number of amidine groups is 1. The summed E-state index contributed by atoms with van der Waals surface area (Å²) >= 11 is 2.79. The fraction of sp³-hybridized carbons (Fsp3) is 0. The molecule has 0 heterocycles. The van der Waals surface area contributed by atoms with Gasteiger partial charge in [-0.1, -0.05) is 0 Å². The van der Waals surface area contributed by atoms with Gasteiger partial charge in [0.05, 0.1) is 0 Å². The van der Waals surface area contributed by atoms with Gasteiger partial charge < -0.3 is 0 Å². The Labute approximate surface area is 125 Å². The van der Waals surface area contributed by atoms with Crippen LogP contribution in [-0.4, -0.2) is 29.2 Å². The monoisotopic (exact) mass is 354 g/mol. The molecule has 0 aromatic heterocycles. The zero-order chi connectivity index (χ0) is 14.6. The van der Waals surface area contributed by atoms with Crippen molar-refractivity contribution < 1.29 is 8.42 Å². The number of para-hydroxylation sites is 1. The molecule has 2 rings (SSSR count). The number of sulfonamides is 1. The van der Waals surface area contributed by atoms with Crippen molar-refractivity contribution in [3.05, 3.63) is 54.6 Å². The first kappa shape index (κ1) is 14.7. The van der Waals surface area contributed by atoms with Gasteiger partial charge in [0, 0.05) is 0 Å². The average molecular weight is 353 g/mol. The summed E-state index contributed by atoms with van der Waals surface area (Å²) in [6, 6.07) is 15.6. The van der Waals surface area contributed by atoms with Crippen molar-refractivity contribution in [3.63, 3.8) is 0 Å². The summed E-state index contributed by atoms with van der Waals surface area (Å²) < 4.78 is 23.1. The van der Waals surface area contributed by atoms with E-state index in [0.29, 0.717) is 10.4 Å². The number of benzene rings is 2. The number of primary sulfonamides is 1. The van der Waals surface area contributed by atoms with Crippen molar-refractivity contribution in [2.45, 2.75) is 4.90 Å². The molecule has 0 fully saturated rings. The molecule has 0 atom stereocenters. The quantitative estimate of drug-likeness (QED) is 0.499. The minimum absolute atomic E-state index is 0.0509. The van der Waals surface area contributed by atoms with Crippen molar-refractivity contribution >= 4 is 42.1 Å². The first-order valence-corrected chi connectivity index (χ1v) is 8.06. The molecular formula is C13H12N3O2SSe. The summed E-state index contributed by atoms with van der Waals surface area (Å²) in [6.07, 6.45) is 0. The third-order valence-electron chi connectivity index (χ3n) is 2.40. The van der Waals surface area contributed by atoms with Crippen LogP contribution >= 0.6 is 0 Å². The Morgan fingerprint density at radius 3 is 2.45 bits per heavy atom. The molecule has 20 heavy (non-hydrogen) atoms. The van der Waals surface area contributed by atoms with Crippen molar-refractivity contribution in [2.75, 3.05) is 5.32 Å². The van der Waals surface area contributed by atoms with Gasteiger partial charge in [-0.3, -0.25) is 0 Å². The van der Waals surface area contributed by atoms with Crippen LogP contribution in [-0.2, 0) is 10.0 Å². The molecule has 3 N–H and O–H groups in total. The standard InChI is InChI=1S/C13H12N3O2SSe/c14-19(17,18)12-8-4-7-11(9-12)16-13(20)15-10-5-2-1-3-6-10/h1-9H,(H,15,16)(H2,14,17,18). The third kappa shape index (κ3) is 4.18. The molecule has 1 radical (unpaired) electrons. The van der Waals surface area contributed by atoms with Gasteiger partial charge in [0.25, 0.3) is 0 Å². The molecule has 0 spiro atoms. The molecule has 0 aliphatic heterocycles. The number of hydrogen-bond donors (Lipinski definition) is 2. The van der Waals surface area contributed by atoms with E-state index >= 15 is 0 Å². The zero-order valence-corrected chi connectivity index (χ0v) is 12.9. The summed E-state index contributed by atoms with van der Waals surface area (Å²) in [5.74, 6) is 0. The average Bonchev–Trinajstić information content (AvgIpc) is 2.39. The molecule has 7 heteroatoms. The Morgan fingerprint density at radius 2 is 1.80 bits per heavy atom. The number of rotatable bonds is 3. The van der Waals surface area contributed by atoms with Crippen molar-refractivity contribution in [1.82, 2.24) is 0 Å². The first-order valence-electron chi connectivity index (χ1n) is 5.66. The molecule has 5 nitrogen and oxygen atoms in total. The van der Waals surface area contributed by atoms with Crippen molar-refractivity contribution in [1.29, 1.82) is 0 Å². The Balaban J connectivity index is 2.20.